The largest absolute Gasteiger partial charge is 0.503 e. The van der Waals surface area contributed by atoms with E-state index >= 15 is 0 Å². The standard InChI is InChI=1S/C21H24N4O2/c1-14-10-17-18(11-15(14)2)22-13-23-20(17)24-8-5-16(6-9-24)12-25-7-3-4-19(26)21(25)27/h3-4,7,10-11,13,16,26H,5-6,8-9,12H2,1-2H3. The first-order chi connectivity index (χ1) is 13.0. The van der Waals surface area contributed by atoms with Crippen LogP contribution in [0.15, 0.2) is 41.6 Å². The second-order valence-electron chi connectivity index (χ2n) is 7.43. The second-order valence-corrected chi connectivity index (χ2v) is 7.43. The van der Waals surface area contributed by atoms with Crippen LogP contribution in [0.4, 0.5) is 5.82 Å². The van der Waals surface area contributed by atoms with Crippen molar-refractivity contribution < 1.29 is 5.11 Å². The van der Waals surface area contributed by atoms with Gasteiger partial charge in [-0.3, -0.25) is 4.79 Å². The van der Waals surface area contributed by atoms with Crippen LogP contribution in [0.25, 0.3) is 10.9 Å². The molecule has 1 fully saturated rings. The minimum absolute atomic E-state index is 0.187. The molecule has 0 bridgehead atoms. The van der Waals surface area contributed by atoms with Crippen LogP contribution in [-0.4, -0.2) is 32.7 Å². The van der Waals surface area contributed by atoms with E-state index < -0.39 is 0 Å². The van der Waals surface area contributed by atoms with Crippen molar-refractivity contribution >= 4 is 16.7 Å². The Labute approximate surface area is 158 Å². The van der Waals surface area contributed by atoms with E-state index in [0.29, 0.717) is 12.5 Å². The Balaban J connectivity index is 1.51. The molecule has 4 rings (SSSR count). The van der Waals surface area contributed by atoms with E-state index in [4.69, 9.17) is 0 Å². The predicted molar refractivity (Wildman–Crippen MR) is 106 cm³/mol. The lowest BCUT2D eigenvalue weighted by molar-refractivity contribution is 0.347. The molecule has 0 amide bonds. The molecule has 1 saturated heterocycles. The summed E-state index contributed by atoms with van der Waals surface area (Å²) in [6, 6.07) is 7.45. The van der Waals surface area contributed by atoms with Gasteiger partial charge >= 0.3 is 0 Å². The lowest BCUT2D eigenvalue weighted by Gasteiger charge is -2.33. The number of aromatic nitrogens is 3. The van der Waals surface area contributed by atoms with Gasteiger partial charge in [0, 0.05) is 31.2 Å². The van der Waals surface area contributed by atoms with Gasteiger partial charge in [0.1, 0.15) is 12.1 Å². The smallest absolute Gasteiger partial charge is 0.292 e. The molecule has 6 nitrogen and oxygen atoms in total. The second kappa shape index (κ2) is 7.02. The average Bonchev–Trinajstić information content (AvgIpc) is 2.67. The van der Waals surface area contributed by atoms with Crippen LogP contribution >= 0.6 is 0 Å². The molecule has 0 atom stereocenters. The highest BCUT2D eigenvalue weighted by Crippen LogP contribution is 2.29. The number of piperidine rings is 1. The van der Waals surface area contributed by atoms with Crippen LogP contribution < -0.4 is 10.5 Å². The average molecular weight is 364 g/mol. The Morgan fingerprint density at radius 3 is 2.67 bits per heavy atom. The van der Waals surface area contributed by atoms with E-state index in [2.05, 4.69) is 40.8 Å². The molecular formula is C21H24N4O2. The minimum atomic E-state index is -0.312. The van der Waals surface area contributed by atoms with Gasteiger partial charge in [-0.05, 0) is 68.0 Å². The Morgan fingerprint density at radius 1 is 1.15 bits per heavy atom. The summed E-state index contributed by atoms with van der Waals surface area (Å²) in [7, 11) is 0. The summed E-state index contributed by atoms with van der Waals surface area (Å²) in [5.74, 6) is 1.22. The Kier molecular flexibility index (Phi) is 4.56. The highest BCUT2D eigenvalue weighted by Gasteiger charge is 2.22. The van der Waals surface area contributed by atoms with E-state index in [1.807, 2.05) is 0 Å². The van der Waals surface area contributed by atoms with Crippen molar-refractivity contribution in [2.45, 2.75) is 33.2 Å². The molecule has 3 heterocycles. The zero-order chi connectivity index (χ0) is 19.0. The maximum Gasteiger partial charge on any atom is 0.292 e. The molecule has 0 aliphatic carbocycles. The molecule has 1 aliphatic heterocycles. The zero-order valence-electron chi connectivity index (χ0n) is 15.7. The normalized spacial score (nSPS) is 15.4. The molecule has 1 aliphatic rings. The molecule has 0 unspecified atom stereocenters. The number of rotatable bonds is 3. The monoisotopic (exact) mass is 364 g/mol. The maximum absolute atomic E-state index is 12.0. The van der Waals surface area contributed by atoms with E-state index in [0.717, 1.165) is 42.7 Å². The number of hydrogen-bond acceptors (Lipinski definition) is 5. The summed E-state index contributed by atoms with van der Waals surface area (Å²) in [5.41, 5.74) is 3.16. The van der Waals surface area contributed by atoms with E-state index in [-0.39, 0.29) is 11.3 Å². The topological polar surface area (TPSA) is 71.2 Å². The van der Waals surface area contributed by atoms with Gasteiger partial charge < -0.3 is 14.6 Å². The quantitative estimate of drug-likeness (QED) is 0.773. The number of hydrogen-bond donors (Lipinski definition) is 1. The molecule has 2 aromatic heterocycles. The molecular weight excluding hydrogens is 340 g/mol. The first kappa shape index (κ1) is 17.5. The summed E-state index contributed by atoms with van der Waals surface area (Å²) in [6.45, 7) is 6.66. The molecule has 3 aromatic rings. The fraction of sp³-hybridized carbons (Fsp3) is 0.381. The van der Waals surface area contributed by atoms with Crippen molar-refractivity contribution in [3.8, 4) is 5.75 Å². The first-order valence-electron chi connectivity index (χ1n) is 9.38. The summed E-state index contributed by atoms with van der Waals surface area (Å²) < 4.78 is 1.61. The minimum Gasteiger partial charge on any atom is -0.503 e. The van der Waals surface area contributed by atoms with Crippen LogP contribution in [0.3, 0.4) is 0 Å². The SMILES string of the molecule is Cc1cc2ncnc(N3CCC(Cn4cccc(O)c4=O)CC3)c2cc1C. The van der Waals surface area contributed by atoms with Gasteiger partial charge in [-0.25, -0.2) is 9.97 Å². The number of fused-ring (bicyclic) bond motifs is 1. The van der Waals surface area contributed by atoms with Gasteiger partial charge in [0.15, 0.2) is 5.75 Å². The van der Waals surface area contributed by atoms with Crippen molar-refractivity contribution in [3.05, 3.63) is 58.3 Å². The predicted octanol–water partition coefficient (Wildman–Crippen LogP) is 3.03. The maximum atomic E-state index is 12.0. The Bertz CT molecular complexity index is 1040. The van der Waals surface area contributed by atoms with Crippen LogP contribution in [0, 0.1) is 19.8 Å². The third-order valence-corrected chi connectivity index (χ3v) is 5.60. The van der Waals surface area contributed by atoms with Crippen molar-refractivity contribution in [3.63, 3.8) is 0 Å². The van der Waals surface area contributed by atoms with Gasteiger partial charge in [0.25, 0.3) is 5.56 Å². The number of pyridine rings is 1. The zero-order valence-corrected chi connectivity index (χ0v) is 15.7. The summed E-state index contributed by atoms with van der Waals surface area (Å²) in [4.78, 5) is 23.3. The lowest BCUT2D eigenvalue weighted by atomic mass is 9.96. The molecule has 6 heteroatoms. The molecule has 27 heavy (non-hydrogen) atoms. The van der Waals surface area contributed by atoms with Gasteiger partial charge in [0.05, 0.1) is 5.52 Å². The van der Waals surface area contributed by atoms with Crippen molar-refractivity contribution in [1.29, 1.82) is 0 Å². The van der Waals surface area contributed by atoms with Gasteiger partial charge in [0.2, 0.25) is 0 Å². The lowest BCUT2D eigenvalue weighted by Crippen LogP contribution is -2.36. The van der Waals surface area contributed by atoms with Gasteiger partial charge in [-0.2, -0.15) is 0 Å². The van der Waals surface area contributed by atoms with Crippen LogP contribution in [0.1, 0.15) is 24.0 Å². The van der Waals surface area contributed by atoms with Crippen molar-refractivity contribution in [2.24, 2.45) is 5.92 Å². The number of benzene rings is 1. The number of anilines is 1. The highest BCUT2D eigenvalue weighted by atomic mass is 16.3. The number of aromatic hydroxyl groups is 1. The fourth-order valence-corrected chi connectivity index (χ4v) is 3.83. The third kappa shape index (κ3) is 3.39. The van der Waals surface area contributed by atoms with Crippen LogP contribution in [0.2, 0.25) is 0 Å². The fourth-order valence-electron chi connectivity index (χ4n) is 3.83. The van der Waals surface area contributed by atoms with Crippen molar-refractivity contribution in [1.82, 2.24) is 14.5 Å². The molecule has 140 valence electrons. The summed E-state index contributed by atoms with van der Waals surface area (Å²) in [5, 5.41) is 10.7. The Morgan fingerprint density at radius 2 is 1.89 bits per heavy atom. The van der Waals surface area contributed by atoms with Gasteiger partial charge in [-0.1, -0.05) is 0 Å². The number of nitrogens with zero attached hydrogens (tertiary/aromatic N) is 4. The molecule has 0 radical (unpaired) electrons. The number of aryl methyl sites for hydroxylation is 2. The van der Waals surface area contributed by atoms with E-state index in [1.54, 1.807) is 23.2 Å². The molecule has 1 aromatic carbocycles. The van der Waals surface area contributed by atoms with Crippen LogP contribution in [-0.2, 0) is 6.54 Å². The molecule has 1 N–H and O–H groups in total. The van der Waals surface area contributed by atoms with E-state index in [9.17, 15) is 9.90 Å². The highest BCUT2D eigenvalue weighted by molar-refractivity contribution is 5.90. The molecule has 0 spiro atoms. The summed E-state index contributed by atoms with van der Waals surface area (Å²) in [6.07, 6.45) is 5.36. The molecule has 0 saturated carbocycles. The Hall–Kier alpha value is -2.89. The summed E-state index contributed by atoms with van der Waals surface area (Å²) >= 11 is 0. The van der Waals surface area contributed by atoms with Gasteiger partial charge in [-0.15, -0.1) is 0 Å². The van der Waals surface area contributed by atoms with Crippen molar-refractivity contribution in [2.75, 3.05) is 18.0 Å². The third-order valence-electron chi connectivity index (χ3n) is 5.60. The first-order valence-corrected chi connectivity index (χ1v) is 9.38. The van der Waals surface area contributed by atoms with Crippen LogP contribution in [0.5, 0.6) is 5.75 Å². The van der Waals surface area contributed by atoms with E-state index in [1.165, 1.54) is 17.2 Å².